The standard InChI is InChI=1S/C24H27N3O3S/c1-5-16(14-26-2)21(15-31)22(25)24(28)23(17-9-7-6-8-10-17)27-18-11-19(29-3)13-20(12-18)30-4/h5-15,23,25-27,31H,1H2,2-4H3/b16-14+,21-15-,25-22?. The number of ketones is 1. The van der Waals surface area contributed by atoms with Gasteiger partial charge in [-0.05, 0) is 16.5 Å². The maximum absolute atomic E-state index is 13.5. The topological polar surface area (TPSA) is 83.4 Å². The number of anilines is 1. The van der Waals surface area contributed by atoms with Crippen LogP contribution in [0.15, 0.2) is 83.9 Å². The van der Waals surface area contributed by atoms with Gasteiger partial charge < -0.3 is 20.1 Å². The van der Waals surface area contributed by atoms with Crippen molar-refractivity contribution in [2.75, 3.05) is 26.6 Å². The molecule has 2 aromatic rings. The van der Waals surface area contributed by atoms with Crippen LogP contribution in [0.3, 0.4) is 0 Å². The average Bonchev–Trinajstić information content (AvgIpc) is 2.81. The number of benzene rings is 2. The molecule has 7 heteroatoms. The third-order valence-corrected chi connectivity index (χ3v) is 4.79. The summed E-state index contributed by atoms with van der Waals surface area (Å²) < 4.78 is 10.7. The second-order valence-electron chi connectivity index (χ2n) is 6.46. The Morgan fingerprint density at radius 1 is 1.13 bits per heavy atom. The Balaban J connectivity index is 2.48. The molecule has 0 fully saturated rings. The van der Waals surface area contributed by atoms with E-state index >= 15 is 0 Å². The summed E-state index contributed by atoms with van der Waals surface area (Å²) >= 11 is 4.22. The first-order valence-corrected chi connectivity index (χ1v) is 10.0. The van der Waals surface area contributed by atoms with Gasteiger partial charge in [-0.2, -0.15) is 12.6 Å². The van der Waals surface area contributed by atoms with Gasteiger partial charge in [0.15, 0.2) is 0 Å². The van der Waals surface area contributed by atoms with Crippen LogP contribution in [0.2, 0.25) is 0 Å². The van der Waals surface area contributed by atoms with Gasteiger partial charge in [0.25, 0.3) is 0 Å². The molecular formula is C24H27N3O3S. The lowest BCUT2D eigenvalue weighted by Crippen LogP contribution is -2.29. The predicted octanol–water partition coefficient (Wildman–Crippen LogP) is 4.55. The van der Waals surface area contributed by atoms with Crippen molar-refractivity contribution >= 4 is 29.8 Å². The largest absolute Gasteiger partial charge is 0.497 e. The van der Waals surface area contributed by atoms with Gasteiger partial charge in [-0.1, -0.05) is 43.0 Å². The van der Waals surface area contributed by atoms with Crippen LogP contribution in [0.4, 0.5) is 5.69 Å². The maximum atomic E-state index is 13.5. The predicted molar refractivity (Wildman–Crippen MR) is 129 cm³/mol. The first-order valence-electron chi connectivity index (χ1n) is 9.51. The number of carbonyl (C=O) groups excluding carboxylic acids is 1. The first-order chi connectivity index (χ1) is 15.0. The molecule has 1 unspecified atom stereocenters. The minimum atomic E-state index is -0.811. The Morgan fingerprint density at radius 2 is 1.74 bits per heavy atom. The highest BCUT2D eigenvalue weighted by Gasteiger charge is 2.27. The van der Waals surface area contributed by atoms with Crippen LogP contribution in [-0.4, -0.2) is 32.8 Å². The Labute approximate surface area is 188 Å². The number of hydrogen-bond donors (Lipinski definition) is 4. The van der Waals surface area contributed by atoms with Crippen LogP contribution < -0.4 is 20.1 Å². The zero-order valence-corrected chi connectivity index (χ0v) is 18.7. The Hall–Kier alpha value is -3.45. The molecule has 0 heterocycles. The zero-order valence-electron chi connectivity index (χ0n) is 17.8. The summed E-state index contributed by atoms with van der Waals surface area (Å²) in [6.45, 7) is 3.76. The van der Waals surface area contributed by atoms with Gasteiger partial charge >= 0.3 is 0 Å². The van der Waals surface area contributed by atoms with E-state index in [1.807, 2.05) is 30.3 Å². The molecule has 2 aromatic carbocycles. The van der Waals surface area contributed by atoms with Crippen LogP contribution in [0.1, 0.15) is 11.6 Å². The molecule has 0 aromatic heterocycles. The van der Waals surface area contributed by atoms with Crippen molar-refractivity contribution in [3.63, 3.8) is 0 Å². The molecule has 0 saturated carbocycles. The number of carbonyl (C=O) groups is 1. The molecular weight excluding hydrogens is 410 g/mol. The molecule has 3 N–H and O–H groups in total. The number of ether oxygens (including phenoxy) is 2. The van der Waals surface area contributed by atoms with E-state index in [9.17, 15) is 4.79 Å². The van der Waals surface area contributed by atoms with Gasteiger partial charge in [-0.3, -0.25) is 10.2 Å². The van der Waals surface area contributed by atoms with Crippen LogP contribution in [0.5, 0.6) is 11.5 Å². The van der Waals surface area contributed by atoms with Gasteiger partial charge in [0.2, 0.25) is 5.78 Å². The van der Waals surface area contributed by atoms with Gasteiger partial charge in [-0.15, -0.1) is 0 Å². The number of nitrogens with one attached hydrogen (secondary N) is 3. The summed E-state index contributed by atoms with van der Waals surface area (Å²) in [5.74, 6) is 0.744. The summed E-state index contributed by atoms with van der Waals surface area (Å²) in [6.07, 6.45) is 3.23. The van der Waals surface area contributed by atoms with Gasteiger partial charge in [0.05, 0.1) is 14.2 Å². The summed E-state index contributed by atoms with van der Waals surface area (Å²) in [5, 5.41) is 16.2. The third kappa shape index (κ3) is 6.02. The van der Waals surface area contributed by atoms with Crippen LogP contribution in [0.25, 0.3) is 0 Å². The molecule has 0 spiro atoms. The third-order valence-electron chi connectivity index (χ3n) is 4.53. The van der Waals surface area contributed by atoms with Crippen molar-refractivity contribution in [3.05, 3.63) is 89.5 Å². The maximum Gasteiger partial charge on any atom is 0.207 e. The number of Topliss-reactive ketones (excluding diaryl/α,β-unsaturated/α-hetero) is 1. The van der Waals surface area contributed by atoms with Crippen LogP contribution in [0, 0.1) is 5.41 Å². The molecule has 0 bridgehead atoms. The SMILES string of the molecule is C=CC(=C\NC)/C(=C/S)C(=N)C(=O)C(Nc1cc(OC)cc(OC)c1)c1ccccc1. The highest BCUT2D eigenvalue weighted by molar-refractivity contribution is 7.83. The summed E-state index contributed by atoms with van der Waals surface area (Å²) in [4.78, 5) is 13.5. The summed E-state index contributed by atoms with van der Waals surface area (Å²) in [6, 6.07) is 13.7. The van der Waals surface area contributed by atoms with Crippen molar-refractivity contribution in [2.24, 2.45) is 0 Å². The van der Waals surface area contributed by atoms with Crippen molar-refractivity contribution in [2.45, 2.75) is 6.04 Å². The molecule has 31 heavy (non-hydrogen) atoms. The number of thiol groups is 1. The highest BCUT2D eigenvalue weighted by atomic mass is 32.1. The second-order valence-corrected chi connectivity index (χ2v) is 6.72. The molecule has 162 valence electrons. The number of rotatable bonds is 11. The fraction of sp³-hybridized carbons (Fsp3) is 0.167. The number of allylic oxidation sites excluding steroid dienone is 3. The normalized spacial score (nSPS) is 12.5. The second kappa shape index (κ2) is 11.7. The van der Waals surface area contributed by atoms with E-state index in [4.69, 9.17) is 14.9 Å². The van der Waals surface area contributed by atoms with Crippen molar-refractivity contribution < 1.29 is 14.3 Å². The fourth-order valence-corrected chi connectivity index (χ4v) is 3.24. The molecule has 1 atom stereocenters. The Kier molecular flexibility index (Phi) is 8.96. The quantitative estimate of drug-likeness (QED) is 0.236. The van der Waals surface area contributed by atoms with Crippen molar-refractivity contribution in [1.29, 1.82) is 5.41 Å². The monoisotopic (exact) mass is 437 g/mol. The van der Waals surface area contributed by atoms with Gasteiger partial charge in [0.1, 0.15) is 23.3 Å². The van der Waals surface area contributed by atoms with Crippen molar-refractivity contribution in [1.82, 2.24) is 5.32 Å². The summed E-state index contributed by atoms with van der Waals surface area (Å²) in [7, 11) is 4.85. The minimum Gasteiger partial charge on any atom is -0.497 e. The van der Waals surface area contributed by atoms with E-state index in [2.05, 4.69) is 29.8 Å². The lowest BCUT2D eigenvalue weighted by atomic mass is 9.93. The van der Waals surface area contributed by atoms with E-state index in [0.29, 0.717) is 28.3 Å². The van der Waals surface area contributed by atoms with E-state index in [0.717, 1.165) is 5.56 Å². The molecule has 0 saturated heterocycles. The molecule has 0 aliphatic carbocycles. The smallest absolute Gasteiger partial charge is 0.207 e. The van der Waals surface area contributed by atoms with Gasteiger partial charge in [0, 0.05) is 42.7 Å². The highest BCUT2D eigenvalue weighted by Crippen LogP contribution is 2.30. The molecule has 0 aliphatic heterocycles. The Morgan fingerprint density at radius 3 is 2.23 bits per heavy atom. The van der Waals surface area contributed by atoms with E-state index in [1.54, 1.807) is 51.7 Å². The average molecular weight is 438 g/mol. The first kappa shape index (κ1) is 23.8. The molecule has 6 nitrogen and oxygen atoms in total. The lowest BCUT2D eigenvalue weighted by Gasteiger charge is -2.21. The Bertz CT molecular complexity index is 978. The molecule has 0 amide bonds. The number of hydrogen-bond acceptors (Lipinski definition) is 7. The zero-order chi connectivity index (χ0) is 22.8. The van der Waals surface area contributed by atoms with E-state index in [-0.39, 0.29) is 5.71 Å². The number of methoxy groups -OCH3 is 2. The molecule has 0 aliphatic rings. The molecule has 0 radical (unpaired) electrons. The van der Waals surface area contributed by atoms with Crippen LogP contribution >= 0.6 is 12.6 Å². The minimum absolute atomic E-state index is 0.187. The van der Waals surface area contributed by atoms with Gasteiger partial charge in [-0.25, -0.2) is 0 Å². The van der Waals surface area contributed by atoms with Crippen molar-refractivity contribution in [3.8, 4) is 11.5 Å². The molecule has 2 rings (SSSR count). The lowest BCUT2D eigenvalue weighted by molar-refractivity contribution is -0.113. The van der Waals surface area contributed by atoms with Crippen LogP contribution in [-0.2, 0) is 4.79 Å². The summed E-state index contributed by atoms with van der Waals surface area (Å²) in [5.41, 5.74) is 2.11. The van der Waals surface area contributed by atoms with E-state index < -0.39 is 11.8 Å². The fourth-order valence-electron chi connectivity index (χ4n) is 2.97. The van der Waals surface area contributed by atoms with E-state index in [1.165, 1.54) is 5.41 Å².